The molecule has 2 fully saturated rings. The summed E-state index contributed by atoms with van der Waals surface area (Å²) in [5.74, 6) is 1.89. The first kappa shape index (κ1) is 13.4. The van der Waals surface area contributed by atoms with Crippen molar-refractivity contribution in [2.75, 3.05) is 26.2 Å². The molecule has 1 saturated carbocycles. The van der Waals surface area contributed by atoms with Gasteiger partial charge in [0.25, 0.3) is 0 Å². The van der Waals surface area contributed by atoms with Crippen molar-refractivity contribution in [1.82, 2.24) is 10.2 Å². The maximum atomic E-state index is 3.55. The molecule has 1 atom stereocenters. The highest BCUT2D eigenvalue weighted by molar-refractivity contribution is 4.78. The molecule has 1 heterocycles. The molecule has 0 bridgehead atoms. The zero-order valence-corrected chi connectivity index (χ0v) is 11.8. The average molecular weight is 238 g/mol. The van der Waals surface area contributed by atoms with Gasteiger partial charge in [0.15, 0.2) is 0 Å². The first-order valence-electron chi connectivity index (χ1n) is 7.70. The lowest BCUT2D eigenvalue weighted by molar-refractivity contribution is 0.148. The van der Waals surface area contributed by atoms with Crippen LogP contribution in [0.1, 0.15) is 52.4 Å². The minimum Gasteiger partial charge on any atom is -0.316 e. The molecule has 2 aliphatic rings. The Morgan fingerprint density at radius 3 is 2.24 bits per heavy atom. The Kier molecular flexibility index (Phi) is 5.30. The van der Waals surface area contributed by atoms with Crippen LogP contribution in [0.4, 0.5) is 0 Å². The van der Waals surface area contributed by atoms with Crippen LogP contribution in [-0.4, -0.2) is 37.1 Å². The second-order valence-corrected chi connectivity index (χ2v) is 6.41. The van der Waals surface area contributed by atoms with Crippen LogP contribution >= 0.6 is 0 Å². The maximum Gasteiger partial charge on any atom is 0.00388 e. The zero-order chi connectivity index (χ0) is 12.1. The molecule has 2 nitrogen and oxygen atoms in total. The highest BCUT2D eigenvalue weighted by atomic mass is 15.2. The maximum absolute atomic E-state index is 3.55. The smallest absolute Gasteiger partial charge is 0.00388 e. The number of nitrogens with one attached hydrogen (secondary N) is 1. The van der Waals surface area contributed by atoms with Gasteiger partial charge in [0.2, 0.25) is 0 Å². The van der Waals surface area contributed by atoms with Crippen molar-refractivity contribution >= 4 is 0 Å². The number of rotatable bonds is 5. The first-order chi connectivity index (χ1) is 8.25. The summed E-state index contributed by atoms with van der Waals surface area (Å²) in [6.07, 6.45) is 8.71. The highest BCUT2D eigenvalue weighted by Gasteiger charge is 2.23. The third-order valence-electron chi connectivity index (χ3n) is 4.59. The summed E-state index contributed by atoms with van der Waals surface area (Å²) in [5.41, 5.74) is 0. The summed E-state index contributed by atoms with van der Waals surface area (Å²) in [6, 6.07) is 0.720. The molecule has 1 saturated heterocycles. The van der Waals surface area contributed by atoms with Gasteiger partial charge in [-0.05, 0) is 64.5 Å². The van der Waals surface area contributed by atoms with Crippen LogP contribution in [0.3, 0.4) is 0 Å². The van der Waals surface area contributed by atoms with E-state index >= 15 is 0 Å². The molecule has 0 amide bonds. The minimum absolute atomic E-state index is 0.720. The van der Waals surface area contributed by atoms with E-state index in [0.29, 0.717) is 0 Å². The predicted octanol–water partition coefficient (Wildman–Crippen LogP) is 2.89. The minimum atomic E-state index is 0.720. The van der Waals surface area contributed by atoms with Gasteiger partial charge in [-0.1, -0.05) is 12.8 Å². The number of hydrogen-bond acceptors (Lipinski definition) is 2. The average Bonchev–Trinajstić information content (AvgIpc) is 2.82. The lowest BCUT2D eigenvalue weighted by Crippen LogP contribution is -2.42. The molecule has 1 N–H and O–H groups in total. The monoisotopic (exact) mass is 238 g/mol. The van der Waals surface area contributed by atoms with Crippen LogP contribution in [0.25, 0.3) is 0 Å². The molecule has 1 aliphatic heterocycles. The summed E-state index contributed by atoms with van der Waals surface area (Å²) in [4.78, 5) is 2.74. The van der Waals surface area contributed by atoms with Gasteiger partial charge in [0.1, 0.15) is 0 Å². The van der Waals surface area contributed by atoms with E-state index in [4.69, 9.17) is 0 Å². The fourth-order valence-electron chi connectivity index (χ4n) is 3.43. The summed E-state index contributed by atoms with van der Waals surface area (Å²) >= 11 is 0. The fourth-order valence-corrected chi connectivity index (χ4v) is 3.43. The molecule has 0 aromatic rings. The van der Waals surface area contributed by atoms with Gasteiger partial charge in [-0.2, -0.15) is 0 Å². The van der Waals surface area contributed by atoms with Crippen molar-refractivity contribution in [2.24, 2.45) is 11.8 Å². The summed E-state index contributed by atoms with van der Waals surface area (Å²) in [6.45, 7) is 9.89. The van der Waals surface area contributed by atoms with Crippen LogP contribution in [0.5, 0.6) is 0 Å². The SMILES string of the molecule is CC(C)N(CC1CCCC1)CC1CCCNC1. The molecular formula is C15H30N2. The highest BCUT2D eigenvalue weighted by Crippen LogP contribution is 2.26. The fraction of sp³-hybridized carbons (Fsp3) is 1.00. The van der Waals surface area contributed by atoms with Crippen molar-refractivity contribution in [3.63, 3.8) is 0 Å². The van der Waals surface area contributed by atoms with Crippen molar-refractivity contribution in [2.45, 2.75) is 58.4 Å². The second-order valence-electron chi connectivity index (χ2n) is 6.41. The third-order valence-corrected chi connectivity index (χ3v) is 4.59. The van der Waals surface area contributed by atoms with Crippen molar-refractivity contribution in [3.05, 3.63) is 0 Å². The van der Waals surface area contributed by atoms with Crippen LogP contribution < -0.4 is 5.32 Å². The predicted molar refractivity (Wildman–Crippen MR) is 74.3 cm³/mol. The molecule has 100 valence electrons. The van der Waals surface area contributed by atoms with E-state index in [-0.39, 0.29) is 0 Å². The molecule has 0 radical (unpaired) electrons. The quantitative estimate of drug-likeness (QED) is 0.792. The van der Waals surface area contributed by atoms with E-state index in [1.807, 2.05) is 0 Å². The normalized spacial score (nSPS) is 27.2. The van der Waals surface area contributed by atoms with Gasteiger partial charge >= 0.3 is 0 Å². The molecule has 17 heavy (non-hydrogen) atoms. The Morgan fingerprint density at radius 2 is 1.65 bits per heavy atom. The Hall–Kier alpha value is -0.0800. The van der Waals surface area contributed by atoms with Gasteiger partial charge in [0, 0.05) is 19.1 Å². The Morgan fingerprint density at radius 1 is 1.00 bits per heavy atom. The molecule has 1 aliphatic carbocycles. The van der Waals surface area contributed by atoms with Crippen molar-refractivity contribution < 1.29 is 0 Å². The van der Waals surface area contributed by atoms with E-state index < -0.39 is 0 Å². The van der Waals surface area contributed by atoms with E-state index in [0.717, 1.165) is 17.9 Å². The van der Waals surface area contributed by atoms with E-state index in [1.165, 1.54) is 64.7 Å². The first-order valence-corrected chi connectivity index (χ1v) is 7.70. The molecule has 2 heteroatoms. The largest absolute Gasteiger partial charge is 0.316 e. The van der Waals surface area contributed by atoms with Crippen LogP contribution in [0, 0.1) is 11.8 Å². The van der Waals surface area contributed by atoms with Gasteiger partial charge in [-0.15, -0.1) is 0 Å². The van der Waals surface area contributed by atoms with Gasteiger partial charge < -0.3 is 10.2 Å². The van der Waals surface area contributed by atoms with Crippen molar-refractivity contribution in [1.29, 1.82) is 0 Å². The van der Waals surface area contributed by atoms with Crippen LogP contribution in [0.2, 0.25) is 0 Å². The summed E-state index contributed by atoms with van der Waals surface area (Å²) in [7, 11) is 0. The lowest BCUT2D eigenvalue weighted by Gasteiger charge is -2.34. The van der Waals surface area contributed by atoms with Crippen LogP contribution in [-0.2, 0) is 0 Å². The van der Waals surface area contributed by atoms with Crippen LogP contribution in [0.15, 0.2) is 0 Å². The van der Waals surface area contributed by atoms with E-state index in [2.05, 4.69) is 24.1 Å². The van der Waals surface area contributed by atoms with E-state index in [9.17, 15) is 0 Å². The zero-order valence-electron chi connectivity index (χ0n) is 11.8. The Bertz CT molecular complexity index is 203. The van der Waals surface area contributed by atoms with Gasteiger partial charge in [-0.25, -0.2) is 0 Å². The standard InChI is InChI=1S/C15H30N2/c1-13(2)17(11-14-6-3-4-7-14)12-15-8-5-9-16-10-15/h13-16H,3-12H2,1-2H3. The summed E-state index contributed by atoms with van der Waals surface area (Å²) < 4.78 is 0. The molecular weight excluding hydrogens is 208 g/mol. The Balaban J connectivity index is 1.78. The lowest BCUT2D eigenvalue weighted by atomic mass is 9.97. The summed E-state index contributed by atoms with van der Waals surface area (Å²) in [5, 5.41) is 3.55. The van der Waals surface area contributed by atoms with Crippen molar-refractivity contribution in [3.8, 4) is 0 Å². The molecule has 0 aromatic carbocycles. The molecule has 2 rings (SSSR count). The second kappa shape index (κ2) is 6.75. The molecule has 0 aromatic heterocycles. The number of nitrogens with zero attached hydrogens (tertiary/aromatic N) is 1. The molecule has 1 unspecified atom stereocenters. The third kappa shape index (κ3) is 4.26. The topological polar surface area (TPSA) is 15.3 Å². The number of hydrogen-bond donors (Lipinski definition) is 1. The van der Waals surface area contributed by atoms with Gasteiger partial charge in [0.05, 0.1) is 0 Å². The Labute approximate surface area is 107 Å². The number of piperidine rings is 1. The molecule has 0 spiro atoms. The van der Waals surface area contributed by atoms with Gasteiger partial charge in [-0.3, -0.25) is 0 Å². The van der Waals surface area contributed by atoms with E-state index in [1.54, 1.807) is 0 Å².